The minimum atomic E-state index is -0.164. The van der Waals surface area contributed by atoms with Crippen LogP contribution in [0.5, 0.6) is 0 Å². The van der Waals surface area contributed by atoms with Gasteiger partial charge in [0.05, 0.1) is 9.49 Å². The van der Waals surface area contributed by atoms with Crippen molar-refractivity contribution < 1.29 is 13.9 Å². The van der Waals surface area contributed by atoms with Crippen LogP contribution in [0.2, 0.25) is 0 Å². The highest BCUT2D eigenvalue weighted by molar-refractivity contribution is 14.1. The maximum Gasteiger partial charge on any atom is 0.305 e. The second kappa shape index (κ2) is 7.21. The Morgan fingerprint density at radius 3 is 2.88 bits per heavy atom. The first-order valence-electron chi connectivity index (χ1n) is 5.22. The number of unbranched alkanes of at least 4 members (excludes halogenated alkanes) is 1. The molecule has 0 unspecified atom stereocenters. The summed E-state index contributed by atoms with van der Waals surface area (Å²) in [7, 11) is 0. The van der Waals surface area contributed by atoms with Crippen LogP contribution in [-0.2, 0) is 16.0 Å². The van der Waals surface area contributed by atoms with Crippen molar-refractivity contribution in [3.8, 4) is 0 Å². The van der Waals surface area contributed by atoms with Gasteiger partial charge in [0.2, 0.25) is 0 Å². The molecule has 1 rings (SSSR count). The normalized spacial score (nSPS) is 10.4. The number of thiophene rings is 1. The van der Waals surface area contributed by atoms with Gasteiger partial charge in [-0.3, -0.25) is 4.79 Å². The Hall–Kier alpha value is -0.170. The van der Waals surface area contributed by atoms with E-state index in [1.54, 1.807) is 6.92 Å². The molecular formula is C11H14FIO2S. The van der Waals surface area contributed by atoms with Crippen LogP contribution in [0, 0.1) is 8.01 Å². The van der Waals surface area contributed by atoms with Crippen LogP contribution in [0.3, 0.4) is 0 Å². The zero-order chi connectivity index (χ0) is 12.0. The largest absolute Gasteiger partial charge is 0.466 e. The summed E-state index contributed by atoms with van der Waals surface area (Å²) in [5, 5.41) is -0.0967. The summed E-state index contributed by atoms with van der Waals surface area (Å²) in [6.45, 7) is 2.22. The fraction of sp³-hybridized carbons (Fsp3) is 0.545. The summed E-state index contributed by atoms with van der Waals surface area (Å²) in [4.78, 5) is 11.0. The Morgan fingerprint density at radius 2 is 2.31 bits per heavy atom. The van der Waals surface area contributed by atoms with Crippen LogP contribution in [0.1, 0.15) is 31.7 Å². The van der Waals surface area contributed by atoms with Gasteiger partial charge in [0.15, 0.2) is 5.13 Å². The SMILES string of the molecule is CCOC(=O)CCCCc1cc(I)sc1F. The van der Waals surface area contributed by atoms with E-state index >= 15 is 0 Å². The van der Waals surface area contributed by atoms with Crippen LogP contribution in [0.25, 0.3) is 0 Å². The minimum absolute atomic E-state index is 0.0967. The molecule has 1 aromatic heterocycles. The maximum absolute atomic E-state index is 13.2. The van der Waals surface area contributed by atoms with Gasteiger partial charge >= 0.3 is 5.97 Å². The number of aryl methyl sites for hydroxylation is 1. The number of ether oxygens (including phenoxy) is 1. The molecule has 1 aromatic rings. The highest BCUT2D eigenvalue weighted by Crippen LogP contribution is 2.23. The Kier molecular flexibility index (Phi) is 6.26. The third-order valence-corrected chi connectivity index (χ3v) is 3.84. The lowest BCUT2D eigenvalue weighted by Crippen LogP contribution is -2.03. The van der Waals surface area contributed by atoms with Crippen LogP contribution in [0.4, 0.5) is 4.39 Å². The molecule has 2 nitrogen and oxygen atoms in total. The first-order valence-corrected chi connectivity index (χ1v) is 7.12. The first-order chi connectivity index (χ1) is 7.63. The molecule has 0 N–H and O–H groups in total. The van der Waals surface area contributed by atoms with Gasteiger partial charge in [0.1, 0.15) is 0 Å². The summed E-state index contributed by atoms with van der Waals surface area (Å²) in [5.41, 5.74) is 0.762. The zero-order valence-corrected chi connectivity index (χ0v) is 12.1. The topological polar surface area (TPSA) is 26.3 Å². The van der Waals surface area contributed by atoms with E-state index in [9.17, 15) is 9.18 Å². The van der Waals surface area contributed by atoms with Gasteiger partial charge in [0, 0.05) is 12.0 Å². The van der Waals surface area contributed by atoms with Crippen molar-refractivity contribution in [2.24, 2.45) is 0 Å². The molecule has 0 spiro atoms. The Bertz CT molecular complexity index is 352. The molecule has 1 heterocycles. The predicted octanol–water partition coefficient (Wildman–Crippen LogP) is 3.77. The van der Waals surface area contributed by atoms with Crippen molar-refractivity contribution in [1.82, 2.24) is 0 Å². The molecule has 0 radical (unpaired) electrons. The fourth-order valence-corrected chi connectivity index (χ4v) is 2.98. The van der Waals surface area contributed by atoms with Gasteiger partial charge < -0.3 is 4.74 Å². The molecule has 0 saturated carbocycles. The average molecular weight is 356 g/mol. The molecule has 0 saturated heterocycles. The Labute approximate surface area is 112 Å². The molecule has 0 atom stereocenters. The quantitative estimate of drug-likeness (QED) is 0.441. The minimum Gasteiger partial charge on any atom is -0.466 e. The molecule has 0 amide bonds. The molecular weight excluding hydrogens is 342 g/mol. The van der Waals surface area contributed by atoms with Gasteiger partial charge in [-0.15, -0.1) is 0 Å². The molecule has 16 heavy (non-hydrogen) atoms. The lowest BCUT2D eigenvalue weighted by molar-refractivity contribution is -0.143. The monoisotopic (exact) mass is 356 g/mol. The van der Waals surface area contributed by atoms with Crippen molar-refractivity contribution in [2.45, 2.75) is 32.6 Å². The van der Waals surface area contributed by atoms with E-state index in [4.69, 9.17) is 4.74 Å². The zero-order valence-electron chi connectivity index (χ0n) is 9.09. The van der Waals surface area contributed by atoms with E-state index in [1.165, 1.54) is 11.3 Å². The molecule has 0 fully saturated rings. The molecule has 0 bridgehead atoms. The van der Waals surface area contributed by atoms with E-state index in [-0.39, 0.29) is 11.1 Å². The van der Waals surface area contributed by atoms with Gasteiger partial charge in [-0.05, 0) is 54.8 Å². The van der Waals surface area contributed by atoms with Crippen molar-refractivity contribution in [3.05, 3.63) is 19.6 Å². The number of carbonyl (C=O) groups excluding carboxylic acids is 1. The Balaban J connectivity index is 2.21. The summed E-state index contributed by atoms with van der Waals surface area (Å²) >= 11 is 3.28. The third-order valence-electron chi connectivity index (χ3n) is 2.11. The van der Waals surface area contributed by atoms with Gasteiger partial charge in [-0.2, -0.15) is 4.39 Å². The number of rotatable bonds is 6. The number of carbonyl (C=O) groups is 1. The molecule has 5 heteroatoms. The van der Waals surface area contributed by atoms with Crippen molar-refractivity contribution >= 4 is 39.9 Å². The van der Waals surface area contributed by atoms with Crippen LogP contribution < -0.4 is 0 Å². The van der Waals surface area contributed by atoms with E-state index in [1.807, 2.05) is 6.07 Å². The van der Waals surface area contributed by atoms with Crippen molar-refractivity contribution in [3.63, 3.8) is 0 Å². The van der Waals surface area contributed by atoms with Crippen molar-refractivity contribution in [1.29, 1.82) is 0 Å². The highest BCUT2D eigenvalue weighted by atomic mass is 127. The van der Waals surface area contributed by atoms with Gasteiger partial charge in [-0.25, -0.2) is 0 Å². The number of hydrogen-bond donors (Lipinski definition) is 0. The smallest absolute Gasteiger partial charge is 0.305 e. The Morgan fingerprint density at radius 1 is 1.56 bits per heavy atom. The first kappa shape index (κ1) is 13.9. The maximum atomic E-state index is 13.2. The number of esters is 1. The lowest BCUT2D eigenvalue weighted by atomic mass is 10.1. The van der Waals surface area contributed by atoms with Gasteiger partial charge in [-0.1, -0.05) is 11.3 Å². The van der Waals surface area contributed by atoms with E-state index in [2.05, 4.69) is 22.6 Å². The summed E-state index contributed by atoms with van der Waals surface area (Å²) < 4.78 is 19.0. The molecule has 0 aromatic carbocycles. The molecule has 90 valence electrons. The number of halogens is 2. The van der Waals surface area contributed by atoms with E-state index in [0.29, 0.717) is 19.4 Å². The van der Waals surface area contributed by atoms with E-state index in [0.717, 1.165) is 21.3 Å². The van der Waals surface area contributed by atoms with Crippen LogP contribution >= 0.6 is 33.9 Å². The van der Waals surface area contributed by atoms with Crippen LogP contribution in [-0.4, -0.2) is 12.6 Å². The second-order valence-electron chi connectivity index (χ2n) is 3.36. The third kappa shape index (κ3) is 4.78. The summed E-state index contributed by atoms with van der Waals surface area (Å²) in [6.07, 6.45) is 2.70. The highest BCUT2D eigenvalue weighted by Gasteiger charge is 2.07. The fourth-order valence-electron chi connectivity index (χ4n) is 1.36. The molecule has 0 aliphatic carbocycles. The average Bonchev–Trinajstić information content (AvgIpc) is 2.53. The molecule has 0 aliphatic rings. The van der Waals surface area contributed by atoms with Gasteiger partial charge in [0.25, 0.3) is 0 Å². The summed E-state index contributed by atoms with van der Waals surface area (Å²) in [5.74, 6) is -0.164. The predicted molar refractivity (Wildman–Crippen MR) is 71.2 cm³/mol. The lowest BCUT2D eigenvalue weighted by Gasteiger charge is -2.01. The number of hydrogen-bond acceptors (Lipinski definition) is 3. The van der Waals surface area contributed by atoms with Crippen molar-refractivity contribution in [2.75, 3.05) is 6.61 Å². The summed E-state index contributed by atoms with van der Waals surface area (Å²) in [6, 6.07) is 1.87. The van der Waals surface area contributed by atoms with E-state index < -0.39 is 0 Å². The molecule has 0 aliphatic heterocycles. The van der Waals surface area contributed by atoms with Crippen LogP contribution in [0.15, 0.2) is 6.07 Å². The second-order valence-corrected chi connectivity index (χ2v) is 6.26. The standard InChI is InChI=1S/C11H14FIO2S/c1-2-15-10(14)6-4-3-5-8-7-9(13)16-11(8)12/h7H,2-6H2,1H3.